The first-order chi connectivity index (χ1) is 10.3. The minimum atomic E-state index is -0.749. The van der Waals surface area contributed by atoms with Crippen molar-refractivity contribution in [1.82, 2.24) is 10.2 Å². The van der Waals surface area contributed by atoms with Crippen LogP contribution in [0.4, 0.5) is 8.78 Å². The van der Waals surface area contributed by atoms with E-state index in [-0.39, 0.29) is 18.4 Å². The molecule has 1 aliphatic carbocycles. The van der Waals surface area contributed by atoms with Crippen molar-refractivity contribution in [3.8, 4) is 0 Å². The smallest absolute Gasteiger partial charge is 0.159 e. The van der Waals surface area contributed by atoms with Crippen LogP contribution < -0.4 is 5.32 Å². The summed E-state index contributed by atoms with van der Waals surface area (Å²) >= 11 is 0. The molecule has 2 nitrogen and oxygen atoms in total. The van der Waals surface area contributed by atoms with Gasteiger partial charge in [0.15, 0.2) is 11.6 Å². The standard InChI is InChI=1S/C17H24F2N2.ClH/c18-15-7-6-14(12-16(15)19)17(13-4-2-1-3-5-13)21-10-8-20-9-11-21;/h6-7,12-13,17,20H,1-5,8-11H2;1H/t17-;/m1./s1. The fraction of sp³-hybridized carbons (Fsp3) is 0.647. The van der Waals surface area contributed by atoms with Gasteiger partial charge in [-0.15, -0.1) is 12.4 Å². The van der Waals surface area contributed by atoms with E-state index < -0.39 is 11.6 Å². The van der Waals surface area contributed by atoms with E-state index in [2.05, 4.69) is 10.2 Å². The molecule has 1 saturated heterocycles. The zero-order chi connectivity index (χ0) is 14.7. The van der Waals surface area contributed by atoms with E-state index in [0.29, 0.717) is 5.92 Å². The minimum Gasteiger partial charge on any atom is -0.314 e. The van der Waals surface area contributed by atoms with Gasteiger partial charge >= 0.3 is 0 Å². The number of nitrogens with one attached hydrogen (secondary N) is 1. The van der Waals surface area contributed by atoms with Crippen LogP contribution in [0.2, 0.25) is 0 Å². The van der Waals surface area contributed by atoms with E-state index in [1.165, 1.54) is 44.2 Å². The Hall–Kier alpha value is -0.710. The molecule has 0 amide bonds. The summed E-state index contributed by atoms with van der Waals surface area (Å²) in [5.41, 5.74) is 0.947. The molecule has 2 fully saturated rings. The molecule has 124 valence electrons. The zero-order valence-corrected chi connectivity index (χ0v) is 13.7. The van der Waals surface area contributed by atoms with Crippen molar-refractivity contribution in [3.05, 3.63) is 35.4 Å². The second-order valence-corrected chi connectivity index (χ2v) is 6.30. The van der Waals surface area contributed by atoms with Gasteiger partial charge in [-0.2, -0.15) is 0 Å². The Morgan fingerprint density at radius 1 is 1.00 bits per heavy atom. The van der Waals surface area contributed by atoms with Crippen LogP contribution in [0, 0.1) is 17.6 Å². The fourth-order valence-electron chi connectivity index (χ4n) is 3.89. The van der Waals surface area contributed by atoms with Crippen molar-refractivity contribution >= 4 is 12.4 Å². The van der Waals surface area contributed by atoms with Crippen LogP contribution in [-0.2, 0) is 0 Å². The van der Waals surface area contributed by atoms with Gasteiger partial charge in [-0.05, 0) is 36.5 Å². The molecule has 0 radical (unpaired) electrons. The molecule has 22 heavy (non-hydrogen) atoms. The van der Waals surface area contributed by atoms with Crippen molar-refractivity contribution in [1.29, 1.82) is 0 Å². The Labute approximate surface area is 137 Å². The highest BCUT2D eigenvalue weighted by Crippen LogP contribution is 2.38. The normalized spacial score (nSPS) is 22.1. The Morgan fingerprint density at radius 3 is 2.32 bits per heavy atom. The average molecular weight is 331 g/mol. The number of hydrogen-bond acceptors (Lipinski definition) is 2. The Bertz CT molecular complexity index is 454. The topological polar surface area (TPSA) is 15.3 Å². The van der Waals surface area contributed by atoms with E-state index in [1.807, 2.05) is 0 Å². The number of piperazine rings is 1. The molecule has 1 N–H and O–H groups in total. The molecule has 3 rings (SSSR count). The number of halogens is 3. The maximum Gasteiger partial charge on any atom is 0.159 e. The highest BCUT2D eigenvalue weighted by molar-refractivity contribution is 5.85. The van der Waals surface area contributed by atoms with Crippen LogP contribution in [0.25, 0.3) is 0 Å². The number of hydrogen-bond donors (Lipinski definition) is 1. The van der Waals surface area contributed by atoms with Gasteiger partial charge in [0.05, 0.1) is 0 Å². The highest BCUT2D eigenvalue weighted by atomic mass is 35.5. The molecule has 0 bridgehead atoms. The minimum absolute atomic E-state index is 0. The first-order valence-electron chi connectivity index (χ1n) is 8.15. The van der Waals surface area contributed by atoms with Crippen LogP contribution in [0.15, 0.2) is 18.2 Å². The van der Waals surface area contributed by atoms with Crippen LogP contribution in [0.1, 0.15) is 43.7 Å². The first-order valence-corrected chi connectivity index (χ1v) is 8.15. The molecular weight excluding hydrogens is 306 g/mol. The average Bonchev–Trinajstić information content (AvgIpc) is 2.53. The zero-order valence-electron chi connectivity index (χ0n) is 12.9. The SMILES string of the molecule is Cl.Fc1ccc([C@@H](C2CCCCC2)N2CCNCC2)cc1F. The molecule has 5 heteroatoms. The second kappa shape index (κ2) is 8.23. The number of rotatable bonds is 3. The summed E-state index contributed by atoms with van der Waals surface area (Å²) in [6.45, 7) is 3.93. The van der Waals surface area contributed by atoms with Crippen molar-refractivity contribution < 1.29 is 8.78 Å². The van der Waals surface area contributed by atoms with Gasteiger partial charge in [0, 0.05) is 32.2 Å². The largest absolute Gasteiger partial charge is 0.314 e. The predicted molar refractivity (Wildman–Crippen MR) is 87.4 cm³/mol. The van der Waals surface area contributed by atoms with E-state index in [9.17, 15) is 8.78 Å². The first kappa shape index (κ1) is 17.6. The maximum absolute atomic E-state index is 13.7. The lowest BCUT2D eigenvalue weighted by Gasteiger charge is -2.41. The van der Waals surface area contributed by atoms with Crippen LogP contribution in [-0.4, -0.2) is 31.1 Å². The lowest BCUT2D eigenvalue weighted by Crippen LogP contribution is -2.47. The summed E-state index contributed by atoms with van der Waals surface area (Å²) < 4.78 is 26.9. The van der Waals surface area contributed by atoms with Crippen molar-refractivity contribution in [2.45, 2.75) is 38.1 Å². The van der Waals surface area contributed by atoms with Crippen LogP contribution in [0.5, 0.6) is 0 Å². The van der Waals surface area contributed by atoms with Gasteiger partial charge in [0.2, 0.25) is 0 Å². The summed E-state index contributed by atoms with van der Waals surface area (Å²) in [7, 11) is 0. The summed E-state index contributed by atoms with van der Waals surface area (Å²) in [5.74, 6) is -0.897. The van der Waals surface area contributed by atoms with E-state index in [4.69, 9.17) is 0 Å². The number of nitrogens with zero attached hydrogens (tertiary/aromatic N) is 1. The molecule has 2 aliphatic rings. The monoisotopic (exact) mass is 330 g/mol. The van der Waals surface area contributed by atoms with Crippen LogP contribution in [0.3, 0.4) is 0 Å². The summed E-state index contributed by atoms with van der Waals surface area (Å²) in [6.07, 6.45) is 6.23. The van der Waals surface area contributed by atoms with Gasteiger partial charge in [-0.1, -0.05) is 25.3 Å². The Kier molecular flexibility index (Phi) is 6.60. The molecule has 1 aliphatic heterocycles. The molecule has 1 saturated carbocycles. The fourth-order valence-corrected chi connectivity index (χ4v) is 3.89. The molecule has 0 aromatic heterocycles. The third-order valence-corrected chi connectivity index (χ3v) is 4.93. The van der Waals surface area contributed by atoms with E-state index in [0.717, 1.165) is 31.7 Å². The van der Waals surface area contributed by atoms with Crippen molar-refractivity contribution in [2.75, 3.05) is 26.2 Å². The van der Waals surface area contributed by atoms with Gasteiger partial charge in [0.1, 0.15) is 0 Å². The lowest BCUT2D eigenvalue weighted by molar-refractivity contribution is 0.103. The molecule has 1 aromatic carbocycles. The summed E-state index contributed by atoms with van der Waals surface area (Å²) in [4.78, 5) is 2.46. The maximum atomic E-state index is 13.7. The summed E-state index contributed by atoms with van der Waals surface area (Å²) in [5, 5.41) is 3.37. The Balaban J connectivity index is 0.00000176. The molecular formula is C17H25ClF2N2. The third-order valence-electron chi connectivity index (χ3n) is 4.93. The molecule has 1 heterocycles. The van der Waals surface area contributed by atoms with Gasteiger partial charge < -0.3 is 5.32 Å². The molecule has 0 unspecified atom stereocenters. The third kappa shape index (κ3) is 3.98. The van der Waals surface area contributed by atoms with E-state index in [1.54, 1.807) is 6.07 Å². The van der Waals surface area contributed by atoms with Gasteiger partial charge in [-0.3, -0.25) is 4.90 Å². The molecule has 1 aromatic rings. The molecule has 1 atom stereocenters. The van der Waals surface area contributed by atoms with Crippen molar-refractivity contribution in [2.24, 2.45) is 5.92 Å². The quantitative estimate of drug-likeness (QED) is 0.904. The Morgan fingerprint density at radius 2 is 1.68 bits per heavy atom. The van der Waals surface area contributed by atoms with Gasteiger partial charge in [0.25, 0.3) is 0 Å². The lowest BCUT2D eigenvalue weighted by atomic mass is 9.80. The van der Waals surface area contributed by atoms with Crippen molar-refractivity contribution in [3.63, 3.8) is 0 Å². The highest BCUT2D eigenvalue weighted by Gasteiger charge is 2.31. The predicted octanol–water partition coefficient (Wildman–Crippen LogP) is 3.91. The second-order valence-electron chi connectivity index (χ2n) is 6.30. The number of benzene rings is 1. The van der Waals surface area contributed by atoms with Gasteiger partial charge in [-0.25, -0.2) is 8.78 Å². The molecule has 0 spiro atoms. The van der Waals surface area contributed by atoms with Crippen LogP contribution >= 0.6 is 12.4 Å². The van der Waals surface area contributed by atoms with E-state index >= 15 is 0 Å². The summed E-state index contributed by atoms with van der Waals surface area (Å²) in [6, 6.07) is 4.71.